The van der Waals surface area contributed by atoms with Crippen LogP contribution in [0.25, 0.3) is 5.00 Å². The second-order valence-corrected chi connectivity index (χ2v) is 6.14. The highest BCUT2D eigenvalue weighted by molar-refractivity contribution is 7.15. The molecule has 0 radical (unpaired) electrons. The van der Waals surface area contributed by atoms with Gasteiger partial charge in [0.15, 0.2) is 0 Å². The van der Waals surface area contributed by atoms with Crippen molar-refractivity contribution in [1.29, 1.82) is 0 Å². The molecule has 112 valence electrons. The van der Waals surface area contributed by atoms with Gasteiger partial charge in [-0.1, -0.05) is 0 Å². The van der Waals surface area contributed by atoms with E-state index in [9.17, 15) is 4.79 Å². The molecule has 3 aromatic rings. The summed E-state index contributed by atoms with van der Waals surface area (Å²) in [6.07, 6.45) is 6.15. The van der Waals surface area contributed by atoms with Gasteiger partial charge in [-0.2, -0.15) is 4.68 Å². The van der Waals surface area contributed by atoms with Gasteiger partial charge in [-0.3, -0.25) is 4.79 Å². The van der Waals surface area contributed by atoms with E-state index >= 15 is 0 Å². The molecule has 1 aliphatic carbocycles. The molecule has 0 unspecified atom stereocenters. The summed E-state index contributed by atoms with van der Waals surface area (Å²) in [6, 6.07) is 3.64. The molecular weight excluding hydrogens is 302 g/mol. The lowest BCUT2D eigenvalue weighted by molar-refractivity contribution is 0.0947. The molecule has 0 saturated heterocycles. The summed E-state index contributed by atoms with van der Waals surface area (Å²) in [6.45, 7) is 0.367. The first-order valence-electron chi connectivity index (χ1n) is 7.01. The maximum absolute atomic E-state index is 12.6. The number of furan rings is 1. The lowest BCUT2D eigenvalue weighted by Gasteiger charge is -2.06. The summed E-state index contributed by atoms with van der Waals surface area (Å²) in [7, 11) is 0. The van der Waals surface area contributed by atoms with Crippen molar-refractivity contribution in [3.05, 3.63) is 46.5 Å². The smallest absolute Gasteiger partial charge is 0.255 e. The Morgan fingerprint density at radius 1 is 1.45 bits per heavy atom. The molecule has 0 aromatic carbocycles. The van der Waals surface area contributed by atoms with Gasteiger partial charge in [-0.05, 0) is 47.4 Å². The fraction of sp³-hybridized carbons (Fsp3) is 0.286. The Labute approximate surface area is 129 Å². The van der Waals surface area contributed by atoms with Gasteiger partial charge < -0.3 is 9.73 Å². The van der Waals surface area contributed by atoms with Crippen LogP contribution in [0.15, 0.2) is 29.1 Å². The summed E-state index contributed by atoms with van der Waals surface area (Å²) in [5.41, 5.74) is 1.82. The quantitative estimate of drug-likeness (QED) is 0.792. The van der Waals surface area contributed by atoms with Crippen molar-refractivity contribution in [2.75, 3.05) is 0 Å². The van der Waals surface area contributed by atoms with Gasteiger partial charge >= 0.3 is 0 Å². The number of nitrogens with zero attached hydrogens (tertiary/aromatic N) is 4. The summed E-state index contributed by atoms with van der Waals surface area (Å²) in [4.78, 5) is 13.9. The van der Waals surface area contributed by atoms with Crippen LogP contribution >= 0.6 is 11.3 Å². The molecule has 22 heavy (non-hydrogen) atoms. The normalized spacial score (nSPS) is 13.3. The Balaban J connectivity index is 1.66. The molecule has 7 nitrogen and oxygen atoms in total. The number of aromatic nitrogens is 4. The second kappa shape index (κ2) is 5.38. The van der Waals surface area contributed by atoms with Crippen LogP contribution in [0, 0.1) is 0 Å². The largest absolute Gasteiger partial charge is 0.467 e. The lowest BCUT2D eigenvalue weighted by atomic mass is 10.1. The van der Waals surface area contributed by atoms with Crippen molar-refractivity contribution in [3.8, 4) is 5.00 Å². The molecule has 3 heterocycles. The van der Waals surface area contributed by atoms with Crippen LogP contribution in [0.3, 0.4) is 0 Å². The molecule has 0 atom stereocenters. The highest BCUT2D eigenvalue weighted by atomic mass is 32.1. The Morgan fingerprint density at radius 3 is 3.18 bits per heavy atom. The second-order valence-electron chi connectivity index (χ2n) is 5.05. The van der Waals surface area contributed by atoms with Crippen LogP contribution in [0.4, 0.5) is 0 Å². The molecule has 1 aliphatic rings. The number of nitrogens with one attached hydrogen (secondary N) is 1. The standard InChI is InChI=1S/C14H13N5O2S/c20-13(15-7-9-3-2-6-21-9)12-10-4-1-5-11(10)22-14(12)19-8-16-17-18-19/h2-3,6,8H,1,4-5,7H2,(H,15,20). The van der Waals surface area contributed by atoms with Crippen LogP contribution < -0.4 is 5.32 Å². The zero-order valence-corrected chi connectivity index (χ0v) is 12.5. The van der Waals surface area contributed by atoms with E-state index in [4.69, 9.17) is 4.42 Å². The van der Waals surface area contributed by atoms with E-state index in [0.717, 1.165) is 35.6 Å². The SMILES string of the molecule is O=C(NCc1ccco1)c1c(-n2cnnn2)sc2c1CCC2. The Kier molecular flexibility index (Phi) is 3.23. The number of thiophene rings is 1. The van der Waals surface area contributed by atoms with Gasteiger partial charge in [-0.15, -0.1) is 16.4 Å². The number of carbonyl (C=O) groups excluding carboxylic acids is 1. The zero-order chi connectivity index (χ0) is 14.9. The van der Waals surface area contributed by atoms with Crippen molar-refractivity contribution in [2.45, 2.75) is 25.8 Å². The summed E-state index contributed by atoms with van der Waals surface area (Å²) in [5.74, 6) is 0.616. The first-order valence-corrected chi connectivity index (χ1v) is 7.83. The van der Waals surface area contributed by atoms with E-state index in [1.807, 2.05) is 6.07 Å². The number of fused-ring (bicyclic) bond motifs is 1. The van der Waals surface area contributed by atoms with E-state index < -0.39 is 0 Å². The predicted molar refractivity (Wildman–Crippen MR) is 78.9 cm³/mol. The average Bonchev–Trinajstić information content (AvgIpc) is 3.27. The third kappa shape index (κ3) is 2.21. The minimum atomic E-state index is -0.110. The van der Waals surface area contributed by atoms with Gasteiger partial charge in [0, 0.05) is 4.88 Å². The topological polar surface area (TPSA) is 85.8 Å². The van der Waals surface area contributed by atoms with Gasteiger partial charge in [0.05, 0.1) is 18.4 Å². The van der Waals surface area contributed by atoms with Crippen molar-refractivity contribution in [1.82, 2.24) is 25.5 Å². The van der Waals surface area contributed by atoms with Crippen molar-refractivity contribution < 1.29 is 9.21 Å². The fourth-order valence-corrected chi connectivity index (χ4v) is 4.01. The van der Waals surface area contributed by atoms with E-state index in [-0.39, 0.29) is 5.91 Å². The monoisotopic (exact) mass is 315 g/mol. The van der Waals surface area contributed by atoms with Gasteiger partial charge in [0.2, 0.25) is 0 Å². The van der Waals surface area contributed by atoms with Gasteiger partial charge in [-0.25, -0.2) is 0 Å². The van der Waals surface area contributed by atoms with Crippen LogP contribution in [0.1, 0.15) is 33.0 Å². The highest BCUT2D eigenvalue weighted by Crippen LogP contribution is 2.37. The number of aryl methyl sites for hydroxylation is 1. The zero-order valence-electron chi connectivity index (χ0n) is 11.7. The lowest BCUT2D eigenvalue weighted by Crippen LogP contribution is -2.24. The molecule has 1 amide bonds. The first kappa shape index (κ1) is 13.2. The van der Waals surface area contributed by atoms with Crippen molar-refractivity contribution in [3.63, 3.8) is 0 Å². The molecule has 0 bridgehead atoms. The number of hydrogen-bond acceptors (Lipinski definition) is 6. The molecule has 0 spiro atoms. The molecule has 0 aliphatic heterocycles. The molecular formula is C14H13N5O2S. The molecule has 8 heteroatoms. The van der Waals surface area contributed by atoms with Crippen LogP contribution in [-0.2, 0) is 19.4 Å². The molecule has 4 rings (SSSR count). The predicted octanol–water partition coefficient (Wildman–Crippen LogP) is 1.74. The minimum Gasteiger partial charge on any atom is -0.467 e. The number of amides is 1. The summed E-state index contributed by atoms with van der Waals surface area (Å²) < 4.78 is 6.81. The van der Waals surface area contributed by atoms with E-state index in [1.165, 1.54) is 11.2 Å². The number of rotatable bonds is 4. The number of hydrogen-bond donors (Lipinski definition) is 1. The van der Waals surface area contributed by atoms with E-state index in [2.05, 4.69) is 20.8 Å². The Morgan fingerprint density at radius 2 is 2.41 bits per heavy atom. The summed E-state index contributed by atoms with van der Waals surface area (Å²) in [5, 5.41) is 14.9. The first-order chi connectivity index (χ1) is 10.8. The maximum Gasteiger partial charge on any atom is 0.255 e. The van der Waals surface area contributed by atoms with Crippen LogP contribution in [0.5, 0.6) is 0 Å². The molecule has 0 fully saturated rings. The maximum atomic E-state index is 12.6. The Bertz CT molecular complexity index is 792. The fourth-order valence-electron chi connectivity index (χ4n) is 2.71. The van der Waals surface area contributed by atoms with E-state index in [0.29, 0.717) is 12.1 Å². The third-order valence-electron chi connectivity index (χ3n) is 3.69. The molecule has 0 saturated carbocycles. The van der Waals surface area contributed by atoms with Crippen LogP contribution in [-0.4, -0.2) is 26.1 Å². The molecule has 3 aromatic heterocycles. The van der Waals surface area contributed by atoms with Crippen LogP contribution in [0.2, 0.25) is 0 Å². The number of tetrazole rings is 1. The average molecular weight is 315 g/mol. The van der Waals surface area contributed by atoms with Crippen molar-refractivity contribution >= 4 is 17.2 Å². The number of carbonyl (C=O) groups is 1. The summed E-state index contributed by atoms with van der Waals surface area (Å²) >= 11 is 1.59. The van der Waals surface area contributed by atoms with Gasteiger partial charge in [0.25, 0.3) is 5.91 Å². The molecule has 1 N–H and O–H groups in total. The Hall–Kier alpha value is -2.48. The van der Waals surface area contributed by atoms with E-state index in [1.54, 1.807) is 28.3 Å². The minimum absolute atomic E-state index is 0.110. The van der Waals surface area contributed by atoms with Crippen molar-refractivity contribution in [2.24, 2.45) is 0 Å². The third-order valence-corrected chi connectivity index (χ3v) is 4.97. The highest BCUT2D eigenvalue weighted by Gasteiger charge is 2.27. The van der Waals surface area contributed by atoms with Gasteiger partial charge in [0.1, 0.15) is 17.1 Å².